The van der Waals surface area contributed by atoms with Gasteiger partial charge in [0.2, 0.25) is 0 Å². The van der Waals surface area contributed by atoms with Crippen LogP contribution in [0.3, 0.4) is 0 Å². The Hall–Kier alpha value is -2.08. The molecule has 0 aliphatic carbocycles. The molecule has 1 amide bonds. The molecular formula is C15H12Cl2N2O3. The van der Waals surface area contributed by atoms with Gasteiger partial charge in [0.15, 0.2) is 0 Å². The molecule has 0 heterocycles. The maximum atomic E-state index is 12.0. The number of nitrogens with zero attached hydrogens (tertiary/aromatic N) is 1. The summed E-state index contributed by atoms with van der Waals surface area (Å²) in [7, 11) is 0. The fourth-order valence-electron chi connectivity index (χ4n) is 1.78. The highest BCUT2D eigenvalue weighted by molar-refractivity contribution is 6.36. The van der Waals surface area contributed by atoms with E-state index in [1.807, 2.05) is 0 Å². The summed E-state index contributed by atoms with van der Waals surface area (Å²) in [4.78, 5) is 12.0. The molecule has 0 spiro atoms. The SMILES string of the molecule is O=C(N/N=C/c1cc(Cl)cc(Cl)c1O)c1ccccc1CO. The van der Waals surface area contributed by atoms with Crippen LogP contribution in [-0.2, 0) is 6.61 Å². The average molecular weight is 339 g/mol. The van der Waals surface area contributed by atoms with Crippen LogP contribution in [-0.4, -0.2) is 22.3 Å². The van der Waals surface area contributed by atoms with Crippen molar-refractivity contribution < 1.29 is 15.0 Å². The van der Waals surface area contributed by atoms with Crippen LogP contribution >= 0.6 is 23.2 Å². The first-order chi connectivity index (χ1) is 10.5. The van der Waals surface area contributed by atoms with Crippen molar-refractivity contribution in [1.82, 2.24) is 5.43 Å². The number of aromatic hydroxyl groups is 1. The summed E-state index contributed by atoms with van der Waals surface area (Å²) >= 11 is 11.6. The number of rotatable bonds is 4. The van der Waals surface area contributed by atoms with Crippen LogP contribution in [0.25, 0.3) is 0 Å². The van der Waals surface area contributed by atoms with E-state index in [1.54, 1.807) is 24.3 Å². The zero-order valence-corrected chi connectivity index (χ0v) is 12.8. The normalized spacial score (nSPS) is 10.9. The number of hydrazone groups is 1. The lowest BCUT2D eigenvalue weighted by molar-refractivity contribution is 0.0952. The van der Waals surface area contributed by atoms with Crippen LogP contribution in [0.5, 0.6) is 5.75 Å². The van der Waals surface area contributed by atoms with Crippen LogP contribution in [0.4, 0.5) is 0 Å². The van der Waals surface area contributed by atoms with Gasteiger partial charge >= 0.3 is 0 Å². The second-order valence-electron chi connectivity index (χ2n) is 4.34. The van der Waals surface area contributed by atoms with E-state index in [2.05, 4.69) is 10.5 Å². The summed E-state index contributed by atoms with van der Waals surface area (Å²) < 4.78 is 0. The van der Waals surface area contributed by atoms with E-state index in [0.717, 1.165) is 0 Å². The number of halogens is 2. The summed E-state index contributed by atoms with van der Waals surface area (Å²) in [6.07, 6.45) is 1.23. The number of carbonyl (C=O) groups is 1. The van der Waals surface area contributed by atoms with Gasteiger partial charge in [-0.3, -0.25) is 4.79 Å². The minimum Gasteiger partial charge on any atom is -0.506 e. The van der Waals surface area contributed by atoms with Gasteiger partial charge in [0.25, 0.3) is 5.91 Å². The Bertz CT molecular complexity index is 733. The number of amides is 1. The maximum absolute atomic E-state index is 12.0. The van der Waals surface area contributed by atoms with Gasteiger partial charge in [-0.15, -0.1) is 0 Å². The van der Waals surface area contributed by atoms with Gasteiger partial charge in [0.1, 0.15) is 5.75 Å². The lowest BCUT2D eigenvalue weighted by Gasteiger charge is -2.05. The Kier molecular flexibility index (Phi) is 5.38. The highest BCUT2D eigenvalue weighted by Crippen LogP contribution is 2.29. The molecule has 0 aromatic heterocycles. The third-order valence-electron chi connectivity index (χ3n) is 2.86. The Labute approximate surface area is 136 Å². The van der Waals surface area contributed by atoms with E-state index in [-0.39, 0.29) is 22.9 Å². The van der Waals surface area contributed by atoms with Gasteiger partial charge in [-0.2, -0.15) is 5.10 Å². The number of phenols is 1. The van der Waals surface area contributed by atoms with Crippen LogP contribution in [0.15, 0.2) is 41.5 Å². The van der Waals surface area contributed by atoms with Gasteiger partial charge in [-0.05, 0) is 23.8 Å². The molecule has 0 atom stereocenters. The zero-order chi connectivity index (χ0) is 16.1. The Morgan fingerprint density at radius 3 is 2.73 bits per heavy atom. The fraction of sp³-hybridized carbons (Fsp3) is 0.0667. The van der Waals surface area contributed by atoms with Gasteiger partial charge in [0, 0.05) is 16.1 Å². The molecule has 0 radical (unpaired) electrons. The number of nitrogens with one attached hydrogen (secondary N) is 1. The van der Waals surface area contributed by atoms with Crippen molar-refractivity contribution >= 4 is 35.3 Å². The zero-order valence-electron chi connectivity index (χ0n) is 11.3. The molecule has 0 unspecified atom stereocenters. The average Bonchev–Trinajstić information content (AvgIpc) is 2.51. The molecule has 7 heteroatoms. The summed E-state index contributed by atoms with van der Waals surface area (Å²) in [5, 5.41) is 23.1. The Morgan fingerprint density at radius 2 is 2.00 bits per heavy atom. The number of benzene rings is 2. The fourth-order valence-corrected chi connectivity index (χ4v) is 2.29. The van der Waals surface area contributed by atoms with Gasteiger partial charge in [-0.25, -0.2) is 5.43 Å². The number of aliphatic hydroxyl groups excluding tert-OH is 1. The van der Waals surface area contributed by atoms with Crippen LogP contribution < -0.4 is 5.43 Å². The maximum Gasteiger partial charge on any atom is 0.271 e. The van der Waals surface area contributed by atoms with Gasteiger partial charge in [0.05, 0.1) is 17.8 Å². The molecule has 0 saturated heterocycles. The second kappa shape index (κ2) is 7.26. The molecule has 114 valence electrons. The first-order valence-electron chi connectivity index (χ1n) is 6.23. The Morgan fingerprint density at radius 1 is 1.27 bits per heavy atom. The summed E-state index contributed by atoms with van der Waals surface area (Å²) in [6, 6.07) is 9.47. The topological polar surface area (TPSA) is 81.9 Å². The van der Waals surface area contributed by atoms with Crippen molar-refractivity contribution in [3.63, 3.8) is 0 Å². The molecule has 0 saturated carbocycles. The molecule has 0 fully saturated rings. The van der Waals surface area contributed by atoms with Crippen LogP contribution in [0.2, 0.25) is 10.0 Å². The highest BCUT2D eigenvalue weighted by atomic mass is 35.5. The molecule has 0 bridgehead atoms. The van der Waals surface area contributed by atoms with E-state index in [4.69, 9.17) is 23.2 Å². The smallest absolute Gasteiger partial charge is 0.271 e. The lowest BCUT2D eigenvalue weighted by atomic mass is 10.1. The second-order valence-corrected chi connectivity index (χ2v) is 5.18. The molecule has 5 nitrogen and oxygen atoms in total. The van der Waals surface area contributed by atoms with E-state index < -0.39 is 5.91 Å². The van der Waals surface area contributed by atoms with Crippen molar-refractivity contribution in [2.24, 2.45) is 5.10 Å². The number of hydrogen-bond donors (Lipinski definition) is 3. The first-order valence-corrected chi connectivity index (χ1v) is 6.98. The third-order valence-corrected chi connectivity index (χ3v) is 3.37. The van der Waals surface area contributed by atoms with Crippen molar-refractivity contribution in [2.45, 2.75) is 6.61 Å². The Balaban J connectivity index is 2.14. The molecule has 2 aromatic rings. The first kappa shape index (κ1) is 16.3. The number of phenolic OH excluding ortho intramolecular Hbond substituents is 1. The molecule has 22 heavy (non-hydrogen) atoms. The molecule has 0 aliphatic heterocycles. The minimum absolute atomic E-state index is 0.0888. The largest absolute Gasteiger partial charge is 0.506 e. The molecule has 0 aliphatic rings. The van der Waals surface area contributed by atoms with E-state index in [1.165, 1.54) is 18.3 Å². The number of hydrogen-bond acceptors (Lipinski definition) is 4. The summed E-state index contributed by atoms with van der Waals surface area (Å²) in [5.41, 5.74) is 3.39. The number of carbonyl (C=O) groups excluding carboxylic acids is 1. The summed E-state index contributed by atoms with van der Waals surface area (Å²) in [6.45, 7) is -0.252. The van der Waals surface area contributed by atoms with E-state index in [0.29, 0.717) is 16.1 Å². The predicted molar refractivity (Wildman–Crippen MR) is 85.6 cm³/mol. The van der Waals surface area contributed by atoms with E-state index in [9.17, 15) is 15.0 Å². The summed E-state index contributed by atoms with van der Waals surface area (Å²) in [5.74, 6) is -0.659. The highest BCUT2D eigenvalue weighted by Gasteiger charge is 2.09. The van der Waals surface area contributed by atoms with Crippen molar-refractivity contribution in [1.29, 1.82) is 0 Å². The van der Waals surface area contributed by atoms with E-state index >= 15 is 0 Å². The standard InChI is InChI=1S/C15H12Cl2N2O3/c16-11-5-10(14(21)13(17)6-11)7-18-19-15(22)12-4-2-1-3-9(12)8-20/h1-7,20-21H,8H2,(H,19,22)/b18-7+. The van der Waals surface area contributed by atoms with Crippen LogP contribution in [0.1, 0.15) is 21.5 Å². The molecule has 2 rings (SSSR count). The lowest BCUT2D eigenvalue weighted by Crippen LogP contribution is -2.19. The van der Waals surface area contributed by atoms with Crippen LogP contribution in [0, 0.1) is 0 Å². The van der Waals surface area contributed by atoms with Gasteiger partial charge < -0.3 is 10.2 Å². The molecule has 3 N–H and O–H groups in total. The van der Waals surface area contributed by atoms with Crippen molar-refractivity contribution in [3.8, 4) is 5.75 Å². The minimum atomic E-state index is -0.478. The van der Waals surface area contributed by atoms with Crippen molar-refractivity contribution in [3.05, 3.63) is 63.1 Å². The monoisotopic (exact) mass is 338 g/mol. The number of aliphatic hydroxyl groups is 1. The molecular weight excluding hydrogens is 327 g/mol. The van der Waals surface area contributed by atoms with Crippen molar-refractivity contribution in [2.75, 3.05) is 0 Å². The molecule has 2 aromatic carbocycles. The van der Waals surface area contributed by atoms with Gasteiger partial charge in [-0.1, -0.05) is 41.4 Å². The predicted octanol–water partition coefficient (Wildman–Crippen LogP) is 2.96. The quantitative estimate of drug-likeness (QED) is 0.592. The third kappa shape index (κ3) is 3.76.